The maximum absolute atomic E-state index is 12.9. The minimum Gasteiger partial charge on any atom is -0.335 e. The summed E-state index contributed by atoms with van der Waals surface area (Å²) >= 11 is 0. The smallest absolute Gasteiger partial charge is 0.335 e. The van der Waals surface area contributed by atoms with E-state index in [0.717, 1.165) is 37.8 Å². The number of carbonyl (C=O) groups excluding carboxylic acids is 2. The number of halogens is 3. The van der Waals surface area contributed by atoms with Crippen LogP contribution in [0.2, 0.25) is 0 Å². The number of carbonyl (C=O) groups is 2. The van der Waals surface area contributed by atoms with Gasteiger partial charge in [-0.3, -0.25) is 15.0 Å². The van der Waals surface area contributed by atoms with Gasteiger partial charge in [0.1, 0.15) is 0 Å². The second-order valence-corrected chi connectivity index (χ2v) is 7.00. The number of imide groups is 1. The topological polar surface area (TPSA) is 61.4 Å². The summed E-state index contributed by atoms with van der Waals surface area (Å²) < 4.78 is 38.8. The molecule has 3 amide bonds. The van der Waals surface area contributed by atoms with Gasteiger partial charge in [0.05, 0.1) is 12.1 Å². The van der Waals surface area contributed by atoms with Crippen LogP contribution in [0, 0.1) is 0 Å². The van der Waals surface area contributed by atoms with Crippen molar-refractivity contribution in [3.63, 3.8) is 0 Å². The third kappa shape index (κ3) is 4.97. The van der Waals surface area contributed by atoms with Crippen LogP contribution in [0.1, 0.15) is 49.8 Å². The Balaban J connectivity index is 1.65. The van der Waals surface area contributed by atoms with E-state index in [1.165, 1.54) is 6.07 Å². The Morgan fingerprint density at radius 3 is 2.50 bits per heavy atom. The molecule has 2 aliphatic rings. The molecule has 5 nitrogen and oxygen atoms in total. The van der Waals surface area contributed by atoms with Crippen LogP contribution in [0.15, 0.2) is 24.3 Å². The molecule has 0 saturated heterocycles. The molecule has 1 unspecified atom stereocenters. The van der Waals surface area contributed by atoms with Crippen LogP contribution < -0.4 is 10.6 Å². The average molecular weight is 369 g/mol. The van der Waals surface area contributed by atoms with Gasteiger partial charge in [-0.2, -0.15) is 13.2 Å². The molecule has 3 rings (SSSR count). The van der Waals surface area contributed by atoms with E-state index in [1.54, 1.807) is 13.0 Å². The zero-order valence-corrected chi connectivity index (χ0v) is 14.5. The van der Waals surface area contributed by atoms with Crippen LogP contribution in [-0.2, 0) is 11.0 Å². The summed E-state index contributed by atoms with van der Waals surface area (Å²) in [5, 5.41) is 4.97. The molecular weight excluding hydrogens is 347 g/mol. The van der Waals surface area contributed by atoms with Gasteiger partial charge in [0.25, 0.3) is 0 Å². The Bertz CT molecular complexity index is 685. The normalized spacial score (nSPS) is 18.5. The highest BCUT2D eigenvalue weighted by molar-refractivity contribution is 5.95. The lowest BCUT2D eigenvalue weighted by molar-refractivity contribution is -0.137. The van der Waals surface area contributed by atoms with Crippen LogP contribution in [0.5, 0.6) is 0 Å². The summed E-state index contributed by atoms with van der Waals surface area (Å²) in [5.74, 6) is -0.450. The summed E-state index contributed by atoms with van der Waals surface area (Å²) in [6, 6.07) is 4.59. The summed E-state index contributed by atoms with van der Waals surface area (Å²) in [4.78, 5) is 25.7. The van der Waals surface area contributed by atoms with Crippen LogP contribution in [-0.4, -0.2) is 35.5 Å². The monoisotopic (exact) mass is 369 g/mol. The third-order valence-corrected chi connectivity index (χ3v) is 4.70. The van der Waals surface area contributed by atoms with E-state index in [0.29, 0.717) is 5.56 Å². The zero-order chi connectivity index (χ0) is 18.9. The standard InChI is InChI=1S/C18H22F3N3O2/c1-11(12-3-2-4-13(9-12)18(19,20)21)24(15-7-8-15)10-16(25)23-17(26)22-14-5-6-14/h2-4,9,11,14-15H,5-8,10H2,1H3,(H2,22,23,25,26). The van der Waals surface area contributed by atoms with E-state index in [4.69, 9.17) is 0 Å². The van der Waals surface area contributed by atoms with Gasteiger partial charge in [0.2, 0.25) is 5.91 Å². The SMILES string of the molecule is CC(c1cccc(C(F)(F)F)c1)N(CC(=O)NC(=O)NC1CC1)C1CC1. The molecule has 1 aromatic rings. The molecule has 0 bridgehead atoms. The number of amides is 3. The van der Waals surface area contributed by atoms with Crippen LogP contribution in [0.3, 0.4) is 0 Å². The number of rotatable bonds is 6. The number of nitrogens with zero attached hydrogens (tertiary/aromatic N) is 1. The van der Waals surface area contributed by atoms with Crippen LogP contribution in [0.4, 0.5) is 18.0 Å². The molecule has 0 heterocycles. The number of alkyl halides is 3. The molecule has 2 fully saturated rings. The molecule has 8 heteroatoms. The van der Waals surface area contributed by atoms with Crippen molar-refractivity contribution in [2.75, 3.05) is 6.54 Å². The molecule has 0 spiro atoms. The van der Waals surface area contributed by atoms with Crippen molar-refractivity contribution in [1.82, 2.24) is 15.5 Å². The lowest BCUT2D eigenvalue weighted by Gasteiger charge is -2.29. The van der Waals surface area contributed by atoms with E-state index < -0.39 is 23.7 Å². The van der Waals surface area contributed by atoms with Crippen molar-refractivity contribution in [2.45, 2.75) is 56.9 Å². The third-order valence-electron chi connectivity index (χ3n) is 4.70. The van der Waals surface area contributed by atoms with Gasteiger partial charge in [0.15, 0.2) is 0 Å². The summed E-state index contributed by atoms with van der Waals surface area (Å²) in [7, 11) is 0. The molecule has 1 aromatic carbocycles. The van der Waals surface area contributed by atoms with Crippen molar-refractivity contribution in [2.24, 2.45) is 0 Å². The Morgan fingerprint density at radius 1 is 1.23 bits per heavy atom. The molecule has 2 aliphatic carbocycles. The number of nitrogens with one attached hydrogen (secondary N) is 2. The molecule has 2 saturated carbocycles. The Morgan fingerprint density at radius 2 is 1.92 bits per heavy atom. The lowest BCUT2D eigenvalue weighted by atomic mass is 10.0. The van der Waals surface area contributed by atoms with Gasteiger partial charge in [-0.15, -0.1) is 0 Å². The fourth-order valence-electron chi connectivity index (χ4n) is 2.94. The van der Waals surface area contributed by atoms with Gasteiger partial charge in [-0.1, -0.05) is 12.1 Å². The van der Waals surface area contributed by atoms with Gasteiger partial charge in [0, 0.05) is 18.1 Å². The zero-order valence-electron chi connectivity index (χ0n) is 14.5. The van der Waals surface area contributed by atoms with E-state index in [2.05, 4.69) is 10.6 Å². The Labute approximate surface area is 149 Å². The van der Waals surface area contributed by atoms with E-state index in [1.807, 2.05) is 4.90 Å². The van der Waals surface area contributed by atoms with Crippen LogP contribution >= 0.6 is 0 Å². The van der Waals surface area contributed by atoms with E-state index in [-0.39, 0.29) is 24.7 Å². The molecule has 0 radical (unpaired) electrons. The molecule has 0 aliphatic heterocycles. The predicted molar refractivity (Wildman–Crippen MR) is 89.3 cm³/mol. The molecular formula is C18H22F3N3O2. The van der Waals surface area contributed by atoms with Gasteiger partial charge in [-0.25, -0.2) is 4.79 Å². The number of urea groups is 1. The first-order chi connectivity index (χ1) is 12.2. The Kier molecular flexibility index (Phi) is 5.22. The quantitative estimate of drug-likeness (QED) is 0.809. The van der Waals surface area contributed by atoms with E-state index in [9.17, 15) is 22.8 Å². The second kappa shape index (κ2) is 7.26. The molecule has 142 valence electrons. The predicted octanol–water partition coefficient (Wildman–Crippen LogP) is 3.22. The number of hydrogen-bond donors (Lipinski definition) is 2. The first-order valence-corrected chi connectivity index (χ1v) is 8.77. The van der Waals surface area contributed by atoms with Gasteiger partial charge < -0.3 is 5.32 Å². The summed E-state index contributed by atoms with van der Waals surface area (Å²) in [5.41, 5.74) is -0.201. The summed E-state index contributed by atoms with van der Waals surface area (Å²) in [6.45, 7) is 1.76. The highest BCUT2D eigenvalue weighted by Gasteiger charge is 2.36. The summed E-state index contributed by atoms with van der Waals surface area (Å²) in [6.07, 6.45) is -0.779. The van der Waals surface area contributed by atoms with Gasteiger partial charge in [-0.05, 0) is 50.3 Å². The second-order valence-electron chi connectivity index (χ2n) is 7.00. The average Bonchev–Trinajstić information content (AvgIpc) is 3.45. The first-order valence-electron chi connectivity index (χ1n) is 8.77. The highest BCUT2D eigenvalue weighted by atomic mass is 19.4. The van der Waals surface area contributed by atoms with Crippen molar-refractivity contribution >= 4 is 11.9 Å². The lowest BCUT2D eigenvalue weighted by Crippen LogP contribution is -2.46. The maximum atomic E-state index is 12.9. The maximum Gasteiger partial charge on any atom is 0.416 e. The highest BCUT2D eigenvalue weighted by Crippen LogP contribution is 2.36. The fourth-order valence-corrected chi connectivity index (χ4v) is 2.94. The van der Waals surface area contributed by atoms with Crippen molar-refractivity contribution in [3.05, 3.63) is 35.4 Å². The van der Waals surface area contributed by atoms with Crippen molar-refractivity contribution in [3.8, 4) is 0 Å². The van der Waals surface area contributed by atoms with Crippen molar-refractivity contribution < 1.29 is 22.8 Å². The first kappa shape index (κ1) is 18.7. The van der Waals surface area contributed by atoms with Crippen molar-refractivity contribution in [1.29, 1.82) is 0 Å². The molecule has 2 N–H and O–H groups in total. The minimum absolute atomic E-state index is 0.0276. The molecule has 1 atom stereocenters. The van der Waals surface area contributed by atoms with Crippen LogP contribution in [0.25, 0.3) is 0 Å². The largest absolute Gasteiger partial charge is 0.416 e. The van der Waals surface area contributed by atoms with Gasteiger partial charge >= 0.3 is 12.2 Å². The molecule has 0 aromatic heterocycles. The Hall–Kier alpha value is -2.09. The number of hydrogen-bond acceptors (Lipinski definition) is 3. The minimum atomic E-state index is -4.40. The molecule has 26 heavy (non-hydrogen) atoms. The van der Waals surface area contributed by atoms with E-state index >= 15 is 0 Å². The number of benzene rings is 1. The fraction of sp³-hybridized carbons (Fsp3) is 0.556.